The van der Waals surface area contributed by atoms with Gasteiger partial charge < -0.3 is 5.11 Å². The lowest BCUT2D eigenvalue weighted by Crippen LogP contribution is -2.32. The van der Waals surface area contributed by atoms with E-state index in [9.17, 15) is 19.2 Å². The maximum Gasteiger partial charge on any atom is 0.332 e. The van der Waals surface area contributed by atoms with Gasteiger partial charge in [-0.3, -0.25) is 23.9 Å². The standard InChI is InChI=1S/C14H12N2O5/c1-8(17)10-7-16(14(21)15-13(10)20)11-5-3-2-4-9(11)6-12(18)19/h2-5,7H,6H2,1H3,(H,18,19)(H,15,20,21). The predicted molar refractivity (Wildman–Crippen MR) is 74.0 cm³/mol. The van der Waals surface area contributed by atoms with Crippen LogP contribution in [0, 0.1) is 0 Å². The Balaban J connectivity index is 2.70. The van der Waals surface area contributed by atoms with Crippen molar-refractivity contribution in [3.05, 3.63) is 62.4 Å². The Morgan fingerprint density at radius 2 is 1.90 bits per heavy atom. The number of benzene rings is 1. The van der Waals surface area contributed by atoms with Crippen LogP contribution >= 0.6 is 0 Å². The average molecular weight is 288 g/mol. The lowest BCUT2D eigenvalue weighted by atomic mass is 10.1. The summed E-state index contributed by atoms with van der Waals surface area (Å²) in [4.78, 5) is 47.8. The first-order valence-electron chi connectivity index (χ1n) is 6.07. The van der Waals surface area contributed by atoms with Crippen molar-refractivity contribution in [3.8, 4) is 5.69 Å². The summed E-state index contributed by atoms with van der Waals surface area (Å²) in [5.74, 6) is -1.53. The zero-order valence-electron chi connectivity index (χ0n) is 11.1. The minimum absolute atomic E-state index is 0.167. The first-order valence-corrected chi connectivity index (χ1v) is 6.07. The molecule has 0 aliphatic heterocycles. The summed E-state index contributed by atoms with van der Waals surface area (Å²) in [6, 6.07) is 6.38. The zero-order chi connectivity index (χ0) is 15.6. The third-order valence-corrected chi connectivity index (χ3v) is 2.91. The lowest BCUT2D eigenvalue weighted by Gasteiger charge is -2.10. The molecule has 0 aliphatic carbocycles. The second-order valence-corrected chi connectivity index (χ2v) is 4.43. The fourth-order valence-electron chi connectivity index (χ4n) is 1.96. The number of hydrogen-bond acceptors (Lipinski definition) is 4. The number of aliphatic carboxylic acids is 1. The Kier molecular flexibility index (Phi) is 3.84. The van der Waals surface area contributed by atoms with Crippen molar-refractivity contribution in [1.82, 2.24) is 9.55 Å². The highest BCUT2D eigenvalue weighted by Gasteiger charge is 2.13. The Hall–Kier alpha value is -2.96. The van der Waals surface area contributed by atoms with Crippen LogP contribution in [0.15, 0.2) is 40.1 Å². The van der Waals surface area contributed by atoms with Crippen molar-refractivity contribution in [1.29, 1.82) is 0 Å². The summed E-state index contributed by atoms with van der Waals surface area (Å²) in [6.07, 6.45) is 0.849. The number of carbonyl (C=O) groups is 2. The van der Waals surface area contributed by atoms with Crippen molar-refractivity contribution in [2.45, 2.75) is 13.3 Å². The van der Waals surface area contributed by atoms with Gasteiger partial charge in [0.1, 0.15) is 0 Å². The molecule has 21 heavy (non-hydrogen) atoms. The van der Waals surface area contributed by atoms with E-state index in [1.807, 2.05) is 0 Å². The van der Waals surface area contributed by atoms with Crippen molar-refractivity contribution in [2.75, 3.05) is 0 Å². The molecule has 0 radical (unpaired) electrons. The van der Waals surface area contributed by atoms with E-state index in [0.29, 0.717) is 11.3 Å². The average Bonchev–Trinajstić information content (AvgIpc) is 2.39. The fraction of sp³-hybridized carbons (Fsp3) is 0.143. The lowest BCUT2D eigenvalue weighted by molar-refractivity contribution is -0.136. The number of carbonyl (C=O) groups excluding carboxylic acids is 1. The monoisotopic (exact) mass is 288 g/mol. The molecular weight excluding hydrogens is 276 g/mol. The molecule has 1 heterocycles. The molecule has 2 N–H and O–H groups in total. The number of ketones is 1. The highest BCUT2D eigenvalue weighted by molar-refractivity contribution is 5.93. The van der Waals surface area contributed by atoms with E-state index >= 15 is 0 Å². The minimum Gasteiger partial charge on any atom is -0.481 e. The summed E-state index contributed by atoms with van der Waals surface area (Å²) >= 11 is 0. The number of carboxylic acids is 1. The zero-order valence-corrected chi connectivity index (χ0v) is 11.1. The second kappa shape index (κ2) is 5.58. The number of rotatable bonds is 4. The van der Waals surface area contributed by atoms with Gasteiger partial charge in [-0.15, -0.1) is 0 Å². The molecule has 0 saturated heterocycles. The molecule has 1 aromatic heterocycles. The van der Waals surface area contributed by atoms with Crippen LogP contribution < -0.4 is 11.2 Å². The number of nitrogens with one attached hydrogen (secondary N) is 1. The maximum absolute atomic E-state index is 11.9. The highest BCUT2D eigenvalue weighted by atomic mass is 16.4. The summed E-state index contributed by atoms with van der Waals surface area (Å²) in [5.41, 5.74) is -0.959. The van der Waals surface area contributed by atoms with Crippen LogP contribution in [-0.2, 0) is 11.2 Å². The highest BCUT2D eigenvalue weighted by Crippen LogP contribution is 2.13. The van der Waals surface area contributed by atoms with Crippen molar-refractivity contribution < 1.29 is 14.7 Å². The summed E-state index contributed by atoms with van der Waals surface area (Å²) in [7, 11) is 0. The number of para-hydroxylation sites is 1. The molecule has 0 atom stereocenters. The largest absolute Gasteiger partial charge is 0.481 e. The third kappa shape index (κ3) is 2.97. The quantitative estimate of drug-likeness (QED) is 0.789. The van der Waals surface area contributed by atoms with Crippen molar-refractivity contribution in [3.63, 3.8) is 0 Å². The molecule has 108 valence electrons. The topological polar surface area (TPSA) is 109 Å². The van der Waals surface area contributed by atoms with E-state index in [2.05, 4.69) is 4.98 Å². The smallest absolute Gasteiger partial charge is 0.332 e. The molecule has 1 aromatic carbocycles. The molecule has 2 rings (SSSR count). The molecule has 7 nitrogen and oxygen atoms in total. The number of H-pyrrole nitrogens is 1. The van der Waals surface area contributed by atoms with Gasteiger partial charge in [-0.2, -0.15) is 0 Å². The van der Waals surface area contributed by atoms with Gasteiger partial charge in [0.15, 0.2) is 5.78 Å². The molecule has 0 aliphatic rings. The van der Waals surface area contributed by atoms with Crippen LogP contribution in [0.5, 0.6) is 0 Å². The Morgan fingerprint density at radius 1 is 1.24 bits per heavy atom. The van der Waals surface area contributed by atoms with E-state index in [1.165, 1.54) is 6.92 Å². The second-order valence-electron chi connectivity index (χ2n) is 4.43. The molecule has 0 bridgehead atoms. The third-order valence-electron chi connectivity index (χ3n) is 2.91. The van der Waals surface area contributed by atoms with Crippen LogP contribution in [0.2, 0.25) is 0 Å². The van der Waals surface area contributed by atoms with Gasteiger partial charge in [-0.25, -0.2) is 4.79 Å². The van der Waals surface area contributed by atoms with Crippen LogP contribution in [0.25, 0.3) is 5.69 Å². The normalized spacial score (nSPS) is 10.3. The van der Waals surface area contributed by atoms with E-state index in [-0.39, 0.29) is 12.0 Å². The number of aromatic nitrogens is 2. The van der Waals surface area contributed by atoms with Crippen LogP contribution in [0.3, 0.4) is 0 Å². The number of hydrogen-bond donors (Lipinski definition) is 2. The van der Waals surface area contributed by atoms with Gasteiger partial charge in [-0.1, -0.05) is 18.2 Å². The molecule has 2 aromatic rings. The fourth-order valence-corrected chi connectivity index (χ4v) is 1.96. The van der Waals surface area contributed by atoms with E-state index in [4.69, 9.17) is 5.11 Å². The van der Waals surface area contributed by atoms with E-state index < -0.39 is 23.0 Å². The van der Waals surface area contributed by atoms with Gasteiger partial charge in [-0.05, 0) is 18.6 Å². The first kappa shape index (κ1) is 14.4. The molecule has 0 saturated carbocycles. The summed E-state index contributed by atoms with van der Waals surface area (Å²) in [6.45, 7) is 1.21. The first-order chi connectivity index (χ1) is 9.90. The Bertz CT molecular complexity index is 832. The maximum atomic E-state index is 11.9. The van der Waals surface area contributed by atoms with Gasteiger partial charge in [0.2, 0.25) is 0 Å². The van der Waals surface area contributed by atoms with E-state index in [1.54, 1.807) is 24.3 Å². The van der Waals surface area contributed by atoms with Crippen LogP contribution in [0.4, 0.5) is 0 Å². The predicted octanol–water partition coefficient (Wildman–Crippen LogP) is 0.355. The summed E-state index contributed by atoms with van der Waals surface area (Å²) < 4.78 is 1.07. The van der Waals surface area contributed by atoms with Gasteiger partial charge in [0, 0.05) is 6.20 Å². The van der Waals surface area contributed by atoms with Crippen molar-refractivity contribution in [2.24, 2.45) is 0 Å². The number of Topliss-reactive ketones (excluding diaryl/α,β-unsaturated/α-hetero) is 1. The molecule has 0 fully saturated rings. The summed E-state index contributed by atoms with van der Waals surface area (Å²) in [5, 5.41) is 8.90. The van der Waals surface area contributed by atoms with Gasteiger partial charge in [0.25, 0.3) is 5.56 Å². The molecule has 0 amide bonds. The van der Waals surface area contributed by atoms with Gasteiger partial charge in [0.05, 0.1) is 17.7 Å². The SMILES string of the molecule is CC(=O)c1cn(-c2ccccc2CC(=O)O)c(=O)[nH]c1=O. The molecule has 0 unspecified atom stereocenters. The number of carboxylic acid groups (broad SMARTS) is 1. The molecule has 7 heteroatoms. The Morgan fingerprint density at radius 3 is 2.52 bits per heavy atom. The van der Waals surface area contributed by atoms with Gasteiger partial charge >= 0.3 is 11.7 Å². The van der Waals surface area contributed by atoms with E-state index in [0.717, 1.165) is 10.8 Å². The minimum atomic E-state index is -1.05. The van der Waals surface area contributed by atoms with Crippen LogP contribution in [-0.4, -0.2) is 26.4 Å². The van der Waals surface area contributed by atoms with Crippen LogP contribution in [0.1, 0.15) is 22.8 Å². The number of aromatic amines is 1. The Labute approximate surface area is 118 Å². The van der Waals surface area contributed by atoms with Crippen molar-refractivity contribution >= 4 is 11.8 Å². The molecule has 0 spiro atoms. The molecular formula is C14H12N2O5. The number of nitrogens with zero attached hydrogens (tertiary/aromatic N) is 1.